The number of non-ortho nitro benzene ring substituents is 1. The van der Waals surface area contributed by atoms with E-state index in [4.69, 9.17) is 0 Å². The minimum Gasteiger partial charge on any atom is -0.341 e. The van der Waals surface area contributed by atoms with E-state index in [2.05, 4.69) is 10.6 Å². The number of nitrogens with zero attached hydrogens (tertiary/aromatic N) is 2. The molecule has 0 spiro atoms. The lowest BCUT2D eigenvalue weighted by Crippen LogP contribution is -2.45. The Morgan fingerprint density at radius 3 is 2.39 bits per heavy atom. The third-order valence-electron chi connectivity index (χ3n) is 4.64. The SMILES string of the molecule is O=C(Nc1cccc([N+](=O)[O-])c1)NC(C(=O)N1CCCCC1)c1ccccc1. The number of hydrogen-bond donors (Lipinski definition) is 2. The van der Waals surface area contributed by atoms with E-state index in [1.165, 1.54) is 18.2 Å². The number of amides is 3. The van der Waals surface area contributed by atoms with Gasteiger partial charge in [0.25, 0.3) is 5.69 Å². The molecule has 1 atom stereocenters. The Bertz CT molecular complexity index is 850. The maximum atomic E-state index is 13.0. The zero-order chi connectivity index (χ0) is 19.9. The number of carbonyl (C=O) groups is 2. The van der Waals surface area contributed by atoms with Gasteiger partial charge in [0, 0.05) is 30.9 Å². The fourth-order valence-corrected chi connectivity index (χ4v) is 3.23. The van der Waals surface area contributed by atoms with Crippen LogP contribution >= 0.6 is 0 Å². The molecule has 28 heavy (non-hydrogen) atoms. The number of urea groups is 1. The number of rotatable bonds is 5. The smallest absolute Gasteiger partial charge is 0.320 e. The normalized spacial score (nSPS) is 14.8. The lowest BCUT2D eigenvalue weighted by Gasteiger charge is -2.31. The molecule has 1 saturated heterocycles. The molecule has 0 aliphatic carbocycles. The van der Waals surface area contributed by atoms with E-state index in [-0.39, 0.29) is 17.3 Å². The van der Waals surface area contributed by atoms with E-state index in [0.29, 0.717) is 18.7 Å². The summed E-state index contributed by atoms with van der Waals surface area (Å²) in [5, 5.41) is 16.2. The highest BCUT2D eigenvalue weighted by Crippen LogP contribution is 2.20. The van der Waals surface area contributed by atoms with Crippen molar-refractivity contribution in [1.82, 2.24) is 10.2 Å². The van der Waals surface area contributed by atoms with Gasteiger partial charge in [0.2, 0.25) is 5.91 Å². The first-order valence-electron chi connectivity index (χ1n) is 9.20. The summed E-state index contributed by atoms with van der Waals surface area (Å²) in [4.78, 5) is 37.7. The Balaban J connectivity index is 1.75. The molecule has 0 aromatic heterocycles. The second kappa shape index (κ2) is 8.98. The Labute approximate surface area is 162 Å². The van der Waals surface area contributed by atoms with Gasteiger partial charge in [0.15, 0.2) is 0 Å². The van der Waals surface area contributed by atoms with E-state index in [1.807, 2.05) is 18.2 Å². The molecule has 2 aromatic rings. The number of carbonyl (C=O) groups excluding carboxylic acids is 2. The topological polar surface area (TPSA) is 105 Å². The van der Waals surface area contributed by atoms with Gasteiger partial charge in [-0.3, -0.25) is 14.9 Å². The highest BCUT2D eigenvalue weighted by Gasteiger charge is 2.28. The van der Waals surface area contributed by atoms with Gasteiger partial charge in [-0.25, -0.2) is 4.79 Å². The van der Waals surface area contributed by atoms with Crippen LogP contribution in [-0.4, -0.2) is 34.9 Å². The van der Waals surface area contributed by atoms with Crippen LogP contribution < -0.4 is 10.6 Å². The minimum atomic E-state index is -0.821. The van der Waals surface area contributed by atoms with E-state index >= 15 is 0 Å². The Kier molecular flexibility index (Phi) is 6.21. The second-order valence-electron chi connectivity index (χ2n) is 6.64. The molecule has 2 aromatic carbocycles. The molecule has 1 heterocycles. The van der Waals surface area contributed by atoms with Gasteiger partial charge < -0.3 is 15.5 Å². The van der Waals surface area contributed by atoms with Gasteiger partial charge in [-0.2, -0.15) is 0 Å². The number of piperidine rings is 1. The Hall–Kier alpha value is -3.42. The van der Waals surface area contributed by atoms with Gasteiger partial charge in [0.1, 0.15) is 6.04 Å². The fourth-order valence-electron chi connectivity index (χ4n) is 3.23. The van der Waals surface area contributed by atoms with Crippen molar-refractivity contribution in [3.63, 3.8) is 0 Å². The highest BCUT2D eigenvalue weighted by atomic mass is 16.6. The summed E-state index contributed by atoms with van der Waals surface area (Å²) in [6.45, 7) is 1.35. The number of likely N-dealkylation sites (tertiary alicyclic amines) is 1. The summed E-state index contributed by atoms with van der Waals surface area (Å²) in [5.74, 6) is -0.153. The molecule has 0 radical (unpaired) electrons. The van der Waals surface area contributed by atoms with Crippen molar-refractivity contribution in [2.75, 3.05) is 18.4 Å². The molecule has 1 fully saturated rings. The van der Waals surface area contributed by atoms with Crippen molar-refractivity contribution >= 4 is 23.3 Å². The monoisotopic (exact) mass is 382 g/mol. The quantitative estimate of drug-likeness (QED) is 0.610. The standard InChI is InChI=1S/C20H22N4O4/c25-19(23-12-5-2-6-13-23)18(15-8-3-1-4-9-15)22-20(26)21-16-10-7-11-17(14-16)24(27)28/h1,3-4,7-11,14,18H,2,5-6,12-13H2,(H2,21,22,26). The summed E-state index contributed by atoms with van der Waals surface area (Å²) >= 11 is 0. The zero-order valence-corrected chi connectivity index (χ0v) is 15.3. The third-order valence-corrected chi connectivity index (χ3v) is 4.64. The lowest BCUT2D eigenvalue weighted by atomic mass is 10.0. The molecule has 8 heteroatoms. The third kappa shape index (κ3) is 4.85. The first kappa shape index (κ1) is 19.3. The van der Waals surface area contributed by atoms with Crippen molar-refractivity contribution in [2.24, 2.45) is 0 Å². The van der Waals surface area contributed by atoms with Crippen LogP contribution in [0.5, 0.6) is 0 Å². The highest BCUT2D eigenvalue weighted by molar-refractivity contribution is 5.94. The average molecular weight is 382 g/mol. The van der Waals surface area contributed by atoms with E-state index < -0.39 is 17.0 Å². The summed E-state index contributed by atoms with van der Waals surface area (Å²) in [6.07, 6.45) is 3.00. The molecule has 146 valence electrons. The van der Waals surface area contributed by atoms with Crippen molar-refractivity contribution in [1.29, 1.82) is 0 Å². The predicted molar refractivity (Wildman–Crippen MR) is 105 cm³/mol. The zero-order valence-electron chi connectivity index (χ0n) is 15.3. The van der Waals surface area contributed by atoms with Gasteiger partial charge in [-0.15, -0.1) is 0 Å². The molecule has 0 saturated carbocycles. The molecule has 2 N–H and O–H groups in total. The number of hydrogen-bond acceptors (Lipinski definition) is 4. The van der Waals surface area contributed by atoms with E-state index in [0.717, 1.165) is 19.3 Å². The number of anilines is 1. The number of nitrogens with one attached hydrogen (secondary N) is 2. The van der Waals surface area contributed by atoms with Crippen LogP contribution in [0.15, 0.2) is 54.6 Å². The van der Waals surface area contributed by atoms with Crippen LogP contribution in [0, 0.1) is 10.1 Å². The van der Waals surface area contributed by atoms with Gasteiger partial charge in [-0.1, -0.05) is 36.4 Å². The van der Waals surface area contributed by atoms with Gasteiger partial charge in [0.05, 0.1) is 4.92 Å². The van der Waals surface area contributed by atoms with Crippen LogP contribution in [0.3, 0.4) is 0 Å². The average Bonchev–Trinajstić information content (AvgIpc) is 2.73. The molecule has 1 aliphatic heterocycles. The molecule has 3 amide bonds. The van der Waals surface area contributed by atoms with Crippen molar-refractivity contribution < 1.29 is 14.5 Å². The number of benzene rings is 2. The van der Waals surface area contributed by atoms with Gasteiger partial charge in [-0.05, 0) is 30.9 Å². The molecule has 3 rings (SSSR count). The van der Waals surface area contributed by atoms with Crippen LogP contribution in [-0.2, 0) is 4.79 Å². The number of nitro groups is 1. The van der Waals surface area contributed by atoms with E-state index in [1.54, 1.807) is 23.1 Å². The van der Waals surface area contributed by atoms with Gasteiger partial charge >= 0.3 is 6.03 Å². The number of nitro benzene ring substituents is 1. The maximum absolute atomic E-state index is 13.0. The van der Waals surface area contributed by atoms with Crippen molar-refractivity contribution in [3.8, 4) is 0 Å². The van der Waals surface area contributed by atoms with Crippen LogP contribution in [0.4, 0.5) is 16.2 Å². The van der Waals surface area contributed by atoms with Crippen molar-refractivity contribution in [3.05, 3.63) is 70.3 Å². The molecule has 0 bridgehead atoms. The predicted octanol–water partition coefficient (Wildman–Crippen LogP) is 3.47. The van der Waals surface area contributed by atoms with Crippen LogP contribution in [0.25, 0.3) is 0 Å². The molecule has 1 unspecified atom stereocenters. The maximum Gasteiger partial charge on any atom is 0.320 e. The summed E-state index contributed by atoms with van der Waals surface area (Å²) in [7, 11) is 0. The summed E-state index contributed by atoms with van der Waals surface area (Å²) in [6, 6.07) is 13.3. The first-order valence-corrected chi connectivity index (χ1v) is 9.20. The minimum absolute atomic E-state index is 0.123. The first-order chi connectivity index (χ1) is 13.5. The largest absolute Gasteiger partial charge is 0.341 e. The molecular formula is C20H22N4O4. The second-order valence-corrected chi connectivity index (χ2v) is 6.64. The lowest BCUT2D eigenvalue weighted by molar-refractivity contribution is -0.384. The summed E-state index contributed by atoms with van der Waals surface area (Å²) in [5.41, 5.74) is 0.845. The fraction of sp³-hybridized carbons (Fsp3) is 0.300. The molecule has 8 nitrogen and oxygen atoms in total. The van der Waals surface area contributed by atoms with Crippen LogP contribution in [0.1, 0.15) is 30.9 Å². The molecular weight excluding hydrogens is 360 g/mol. The van der Waals surface area contributed by atoms with Crippen LogP contribution in [0.2, 0.25) is 0 Å². The van der Waals surface area contributed by atoms with Crippen molar-refractivity contribution in [2.45, 2.75) is 25.3 Å². The summed E-state index contributed by atoms with van der Waals surface area (Å²) < 4.78 is 0. The Morgan fingerprint density at radius 2 is 1.71 bits per heavy atom. The molecule has 1 aliphatic rings. The Morgan fingerprint density at radius 1 is 1.00 bits per heavy atom. The van der Waals surface area contributed by atoms with E-state index in [9.17, 15) is 19.7 Å².